The van der Waals surface area contributed by atoms with Crippen molar-refractivity contribution in [3.05, 3.63) is 64.0 Å². The lowest BCUT2D eigenvalue weighted by Gasteiger charge is -2.02. The maximum atomic E-state index is 11.2. The lowest BCUT2D eigenvalue weighted by molar-refractivity contribution is 0.112. The van der Waals surface area contributed by atoms with Gasteiger partial charge in [-0.05, 0) is 40.5 Å². The molecule has 0 unspecified atom stereocenters. The monoisotopic (exact) mass is 344 g/mol. The van der Waals surface area contributed by atoms with Crippen molar-refractivity contribution in [2.45, 2.75) is 13.5 Å². The number of furan rings is 1. The molecule has 0 saturated carbocycles. The molecule has 5 heteroatoms. The number of hydrogen-bond acceptors (Lipinski definition) is 3. The van der Waals surface area contributed by atoms with Crippen LogP contribution in [0.5, 0.6) is 0 Å². The van der Waals surface area contributed by atoms with E-state index in [-0.39, 0.29) is 0 Å². The number of hydrogen-bond donors (Lipinski definition) is 0. The van der Waals surface area contributed by atoms with Gasteiger partial charge in [0.2, 0.25) is 0 Å². The molecule has 2 aromatic heterocycles. The highest BCUT2D eigenvalue weighted by molar-refractivity contribution is 9.10. The Hall–Kier alpha value is -2.14. The molecular weight excluding hydrogens is 332 g/mol. The predicted molar refractivity (Wildman–Crippen MR) is 83.3 cm³/mol. The molecule has 3 rings (SSSR count). The Morgan fingerprint density at radius 1 is 1.33 bits per heavy atom. The third-order valence-electron chi connectivity index (χ3n) is 3.15. The fraction of sp³-hybridized carbons (Fsp3) is 0.125. The Kier molecular flexibility index (Phi) is 3.75. The number of aryl methyl sites for hydroxylation is 1. The SMILES string of the molecule is Cc1cccc(Cn2cc(C=O)c(-c3ccc(Br)o3)n2)c1. The highest BCUT2D eigenvalue weighted by Crippen LogP contribution is 2.26. The molecule has 0 atom stereocenters. The molecular formula is C16H13BrN2O2. The average Bonchev–Trinajstić information content (AvgIpc) is 3.05. The fourth-order valence-corrected chi connectivity index (χ4v) is 2.54. The minimum Gasteiger partial charge on any atom is -0.448 e. The Morgan fingerprint density at radius 2 is 2.19 bits per heavy atom. The van der Waals surface area contributed by atoms with Gasteiger partial charge in [0.1, 0.15) is 5.69 Å². The quantitative estimate of drug-likeness (QED) is 0.670. The second-order valence-corrected chi connectivity index (χ2v) is 5.62. The van der Waals surface area contributed by atoms with Crippen LogP contribution < -0.4 is 0 Å². The number of carbonyl (C=O) groups excluding carboxylic acids is 1. The van der Waals surface area contributed by atoms with Gasteiger partial charge in [0.15, 0.2) is 16.7 Å². The highest BCUT2D eigenvalue weighted by atomic mass is 79.9. The number of carbonyl (C=O) groups is 1. The summed E-state index contributed by atoms with van der Waals surface area (Å²) in [6.07, 6.45) is 2.53. The molecule has 0 aliphatic heterocycles. The second-order valence-electron chi connectivity index (χ2n) is 4.84. The lowest BCUT2D eigenvalue weighted by Crippen LogP contribution is -2.00. The Balaban J connectivity index is 1.94. The number of nitrogens with zero attached hydrogens (tertiary/aromatic N) is 2. The van der Waals surface area contributed by atoms with Crippen molar-refractivity contribution in [3.8, 4) is 11.5 Å². The number of aldehydes is 1. The van der Waals surface area contributed by atoms with E-state index in [0.29, 0.717) is 28.2 Å². The standard InChI is InChI=1S/C16H13BrN2O2/c1-11-3-2-4-12(7-11)8-19-9-13(10-20)16(18-19)14-5-6-15(17)21-14/h2-7,9-10H,8H2,1H3. The zero-order chi connectivity index (χ0) is 14.8. The van der Waals surface area contributed by atoms with Crippen molar-refractivity contribution in [2.75, 3.05) is 0 Å². The van der Waals surface area contributed by atoms with Crippen molar-refractivity contribution in [2.24, 2.45) is 0 Å². The fourth-order valence-electron chi connectivity index (χ4n) is 2.23. The van der Waals surface area contributed by atoms with E-state index in [1.807, 2.05) is 12.1 Å². The van der Waals surface area contributed by atoms with Gasteiger partial charge in [-0.15, -0.1) is 0 Å². The van der Waals surface area contributed by atoms with Crippen LogP contribution in [0.3, 0.4) is 0 Å². The summed E-state index contributed by atoms with van der Waals surface area (Å²) in [5.74, 6) is 0.576. The van der Waals surface area contributed by atoms with Crippen LogP contribution in [0.4, 0.5) is 0 Å². The van der Waals surface area contributed by atoms with Crippen molar-refractivity contribution >= 4 is 22.2 Å². The maximum absolute atomic E-state index is 11.2. The zero-order valence-corrected chi connectivity index (χ0v) is 13.0. The van der Waals surface area contributed by atoms with Crippen molar-refractivity contribution in [3.63, 3.8) is 0 Å². The maximum Gasteiger partial charge on any atom is 0.169 e. The number of aromatic nitrogens is 2. The summed E-state index contributed by atoms with van der Waals surface area (Å²) in [7, 11) is 0. The molecule has 106 valence electrons. The molecule has 1 aromatic carbocycles. The molecule has 3 aromatic rings. The minimum atomic E-state index is 0.518. The van der Waals surface area contributed by atoms with E-state index in [2.05, 4.69) is 40.1 Å². The molecule has 0 aliphatic rings. The molecule has 0 N–H and O–H groups in total. The molecule has 0 fully saturated rings. The van der Waals surface area contributed by atoms with E-state index in [0.717, 1.165) is 11.8 Å². The highest BCUT2D eigenvalue weighted by Gasteiger charge is 2.14. The largest absolute Gasteiger partial charge is 0.448 e. The summed E-state index contributed by atoms with van der Waals surface area (Å²) in [4.78, 5) is 11.2. The number of benzene rings is 1. The van der Waals surface area contributed by atoms with Gasteiger partial charge in [-0.1, -0.05) is 29.8 Å². The van der Waals surface area contributed by atoms with E-state index in [1.54, 1.807) is 23.0 Å². The molecule has 0 aliphatic carbocycles. The van der Waals surface area contributed by atoms with Gasteiger partial charge in [-0.25, -0.2) is 0 Å². The first-order valence-corrected chi connectivity index (χ1v) is 7.29. The van der Waals surface area contributed by atoms with Gasteiger partial charge in [0, 0.05) is 6.20 Å². The van der Waals surface area contributed by atoms with Crippen molar-refractivity contribution < 1.29 is 9.21 Å². The molecule has 0 amide bonds. The Morgan fingerprint density at radius 3 is 2.86 bits per heavy atom. The third kappa shape index (κ3) is 2.97. The van der Waals surface area contributed by atoms with Gasteiger partial charge in [0.05, 0.1) is 12.1 Å². The predicted octanol–water partition coefficient (Wildman–Crippen LogP) is 4.07. The summed E-state index contributed by atoms with van der Waals surface area (Å²) in [5.41, 5.74) is 3.42. The smallest absolute Gasteiger partial charge is 0.169 e. The van der Waals surface area contributed by atoms with Gasteiger partial charge in [-0.3, -0.25) is 9.48 Å². The molecule has 0 saturated heterocycles. The summed E-state index contributed by atoms with van der Waals surface area (Å²) in [5, 5.41) is 4.46. The normalized spacial score (nSPS) is 10.8. The van der Waals surface area contributed by atoms with Crippen LogP contribution in [0.15, 0.2) is 51.7 Å². The average molecular weight is 345 g/mol. The second kappa shape index (κ2) is 5.69. The third-order valence-corrected chi connectivity index (χ3v) is 3.58. The molecule has 2 heterocycles. The Labute approximate surface area is 130 Å². The number of halogens is 1. The van der Waals surface area contributed by atoms with Gasteiger partial charge >= 0.3 is 0 Å². The molecule has 0 bridgehead atoms. The molecule has 0 spiro atoms. The topological polar surface area (TPSA) is 48.0 Å². The van der Waals surface area contributed by atoms with Crippen LogP contribution in [-0.4, -0.2) is 16.1 Å². The van der Waals surface area contributed by atoms with E-state index in [9.17, 15) is 4.79 Å². The first kappa shape index (κ1) is 13.8. The van der Waals surface area contributed by atoms with Crippen LogP contribution in [0, 0.1) is 6.92 Å². The van der Waals surface area contributed by atoms with E-state index >= 15 is 0 Å². The summed E-state index contributed by atoms with van der Waals surface area (Å²) in [6, 6.07) is 11.8. The van der Waals surface area contributed by atoms with Gasteiger partial charge in [0.25, 0.3) is 0 Å². The number of rotatable bonds is 4. The summed E-state index contributed by atoms with van der Waals surface area (Å²) >= 11 is 3.25. The molecule has 4 nitrogen and oxygen atoms in total. The van der Waals surface area contributed by atoms with Gasteiger partial charge in [-0.2, -0.15) is 5.10 Å². The first-order valence-electron chi connectivity index (χ1n) is 6.49. The van der Waals surface area contributed by atoms with E-state index < -0.39 is 0 Å². The summed E-state index contributed by atoms with van der Waals surface area (Å²) < 4.78 is 7.84. The van der Waals surface area contributed by atoms with Crippen LogP contribution in [0.2, 0.25) is 0 Å². The van der Waals surface area contributed by atoms with Gasteiger partial charge < -0.3 is 4.42 Å². The molecule has 21 heavy (non-hydrogen) atoms. The van der Waals surface area contributed by atoms with Crippen LogP contribution in [0.25, 0.3) is 11.5 Å². The first-order chi connectivity index (χ1) is 10.2. The van der Waals surface area contributed by atoms with Crippen LogP contribution in [-0.2, 0) is 6.54 Å². The Bertz CT molecular complexity index is 789. The summed E-state index contributed by atoms with van der Waals surface area (Å²) in [6.45, 7) is 2.67. The zero-order valence-electron chi connectivity index (χ0n) is 11.4. The van der Waals surface area contributed by atoms with Crippen LogP contribution in [0.1, 0.15) is 21.5 Å². The lowest BCUT2D eigenvalue weighted by atomic mass is 10.1. The van der Waals surface area contributed by atoms with E-state index in [4.69, 9.17) is 4.42 Å². The molecule has 0 radical (unpaired) electrons. The van der Waals surface area contributed by atoms with Crippen molar-refractivity contribution in [1.29, 1.82) is 0 Å². The van der Waals surface area contributed by atoms with Crippen LogP contribution >= 0.6 is 15.9 Å². The van der Waals surface area contributed by atoms with E-state index in [1.165, 1.54) is 5.56 Å². The minimum absolute atomic E-state index is 0.518. The van der Waals surface area contributed by atoms with Crippen molar-refractivity contribution in [1.82, 2.24) is 9.78 Å².